The van der Waals surface area contributed by atoms with Gasteiger partial charge in [-0.25, -0.2) is 9.78 Å². The molecule has 1 N–H and O–H groups in total. The molecule has 4 heterocycles. The molecular formula is C24H28F3N5O4. The molecule has 2 aromatic heterocycles. The van der Waals surface area contributed by atoms with E-state index in [0.29, 0.717) is 31.9 Å². The van der Waals surface area contributed by atoms with Gasteiger partial charge in [0.15, 0.2) is 0 Å². The number of hydrogen-bond donors (Lipinski definition) is 1. The summed E-state index contributed by atoms with van der Waals surface area (Å²) in [4.78, 5) is 49.8. The highest BCUT2D eigenvalue weighted by Crippen LogP contribution is 2.45. The molecule has 0 radical (unpaired) electrons. The Labute approximate surface area is 206 Å². The maximum absolute atomic E-state index is 13.3. The molecule has 9 nitrogen and oxygen atoms in total. The molecule has 0 aromatic carbocycles. The molecule has 0 aliphatic carbocycles. The number of pyridine rings is 2. The van der Waals surface area contributed by atoms with Crippen molar-refractivity contribution in [1.82, 2.24) is 19.8 Å². The summed E-state index contributed by atoms with van der Waals surface area (Å²) in [5.74, 6) is -1.74. The van der Waals surface area contributed by atoms with E-state index in [1.165, 1.54) is 0 Å². The van der Waals surface area contributed by atoms with E-state index in [4.69, 9.17) is 9.90 Å². The maximum atomic E-state index is 13.3. The molecule has 0 bridgehead atoms. The number of alkyl halides is 3. The minimum atomic E-state index is -5.08. The minimum Gasteiger partial charge on any atom is -0.475 e. The van der Waals surface area contributed by atoms with E-state index < -0.39 is 17.6 Å². The predicted octanol–water partition coefficient (Wildman–Crippen LogP) is 2.56. The molecule has 2 saturated heterocycles. The minimum absolute atomic E-state index is 0.0505. The van der Waals surface area contributed by atoms with E-state index in [-0.39, 0.29) is 17.7 Å². The fourth-order valence-corrected chi connectivity index (χ4v) is 4.78. The first-order chi connectivity index (χ1) is 17.0. The normalized spacial score (nSPS) is 21.5. The Balaban J connectivity index is 0.000000454. The number of carbonyl (C=O) groups is 3. The first-order valence-corrected chi connectivity index (χ1v) is 11.3. The summed E-state index contributed by atoms with van der Waals surface area (Å²) in [6.07, 6.45) is -0.0983. The van der Waals surface area contributed by atoms with Gasteiger partial charge in [-0.1, -0.05) is 12.1 Å². The number of halogens is 3. The van der Waals surface area contributed by atoms with Gasteiger partial charge in [-0.05, 0) is 37.1 Å². The largest absolute Gasteiger partial charge is 0.490 e. The lowest BCUT2D eigenvalue weighted by Gasteiger charge is -2.34. The molecular weight excluding hydrogens is 479 g/mol. The Hall–Kier alpha value is -3.70. The highest BCUT2D eigenvalue weighted by Gasteiger charge is 2.54. The van der Waals surface area contributed by atoms with Crippen molar-refractivity contribution in [2.45, 2.75) is 19.0 Å². The molecule has 4 rings (SSSR count). The van der Waals surface area contributed by atoms with Crippen LogP contribution in [-0.4, -0.2) is 89.1 Å². The van der Waals surface area contributed by atoms with Crippen LogP contribution in [0.1, 0.15) is 23.3 Å². The van der Waals surface area contributed by atoms with Crippen molar-refractivity contribution < 1.29 is 32.7 Å². The van der Waals surface area contributed by atoms with Crippen molar-refractivity contribution in [3.05, 3.63) is 54.5 Å². The van der Waals surface area contributed by atoms with Crippen molar-refractivity contribution in [2.24, 2.45) is 11.3 Å². The summed E-state index contributed by atoms with van der Waals surface area (Å²) >= 11 is 0. The first kappa shape index (κ1) is 26.9. The summed E-state index contributed by atoms with van der Waals surface area (Å²) in [5.41, 5.74) is -0.0429. The molecule has 0 spiro atoms. The molecule has 2 aliphatic rings. The van der Waals surface area contributed by atoms with Crippen LogP contribution in [0.5, 0.6) is 0 Å². The summed E-state index contributed by atoms with van der Waals surface area (Å²) in [6.45, 7) is 2.55. The van der Waals surface area contributed by atoms with Gasteiger partial charge >= 0.3 is 12.1 Å². The number of anilines is 1. The fraction of sp³-hybridized carbons (Fsp3) is 0.458. The van der Waals surface area contributed by atoms with Gasteiger partial charge in [0.2, 0.25) is 5.91 Å². The van der Waals surface area contributed by atoms with Crippen LogP contribution in [0, 0.1) is 11.3 Å². The van der Waals surface area contributed by atoms with E-state index in [2.05, 4.69) is 14.9 Å². The van der Waals surface area contributed by atoms with Crippen LogP contribution in [-0.2, 0) is 9.59 Å². The molecule has 194 valence electrons. The van der Waals surface area contributed by atoms with Crippen molar-refractivity contribution in [3.63, 3.8) is 0 Å². The second-order valence-corrected chi connectivity index (χ2v) is 8.99. The number of amides is 2. The van der Waals surface area contributed by atoms with Gasteiger partial charge in [0.25, 0.3) is 5.91 Å². The molecule has 0 saturated carbocycles. The lowest BCUT2D eigenvalue weighted by Crippen LogP contribution is -2.47. The Morgan fingerprint density at radius 1 is 1.06 bits per heavy atom. The van der Waals surface area contributed by atoms with Crippen molar-refractivity contribution in [1.29, 1.82) is 0 Å². The van der Waals surface area contributed by atoms with E-state index in [9.17, 15) is 22.8 Å². The Bertz CT molecular complexity index is 1070. The van der Waals surface area contributed by atoms with Crippen LogP contribution < -0.4 is 4.90 Å². The number of nitrogens with zero attached hydrogens (tertiary/aromatic N) is 5. The van der Waals surface area contributed by atoms with Crippen LogP contribution in [0.3, 0.4) is 0 Å². The van der Waals surface area contributed by atoms with Crippen LogP contribution in [0.4, 0.5) is 19.0 Å². The van der Waals surface area contributed by atoms with Gasteiger partial charge in [0, 0.05) is 58.6 Å². The number of likely N-dealkylation sites (tertiary alicyclic amines) is 1. The number of aliphatic carboxylic acids is 1. The number of carboxylic acids is 1. The number of rotatable bonds is 3. The fourth-order valence-electron chi connectivity index (χ4n) is 4.78. The Kier molecular flexibility index (Phi) is 8.16. The molecule has 0 unspecified atom stereocenters. The van der Waals surface area contributed by atoms with Crippen molar-refractivity contribution in [2.75, 3.05) is 45.2 Å². The average molecular weight is 508 g/mol. The van der Waals surface area contributed by atoms with Crippen LogP contribution in [0.15, 0.2) is 48.8 Å². The molecule has 12 heteroatoms. The van der Waals surface area contributed by atoms with E-state index in [1.807, 2.05) is 49.3 Å². The Morgan fingerprint density at radius 2 is 1.69 bits per heavy atom. The maximum Gasteiger partial charge on any atom is 0.490 e. The molecule has 36 heavy (non-hydrogen) atoms. The molecule has 2 aliphatic heterocycles. The quantitative estimate of drug-likeness (QED) is 0.681. The summed E-state index contributed by atoms with van der Waals surface area (Å²) in [5, 5.41) is 7.12. The summed E-state index contributed by atoms with van der Waals surface area (Å²) in [6, 6.07) is 11.2. The summed E-state index contributed by atoms with van der Waals surface area (Å²) in [7, 11) is 3.64. The van der Waals surface area contributed by atoms with Crippen LogP contribution >= 0.6 is 0 Å². The molecule has 2 aromatic rings. The second kappa shape index (κ2) is 10.9. The third-order valence-corrected chi connectivity index (χ3v) is 6.41. The number of fused-ring (bicyclic) bond motifs is 1. The van der Waals surface area contributed by atoms with Gasteiger partial charge in [0.1, 0.15) is 11.5 Å². The lowest BCUT2D eigenvalue weighted by molar-refractivity contribution is -0.192. The predicted molar refractivity (Wildman–Crippen MR) is 124 cm³/mol. The van der Waals surface area contributed by atoms with Crippen molar-refractivity contribution in [3.8, 4) is 0 Å². The molecule has 2 amide bonds. The van der Waals surface area contributed by atoms with Gasteiger partial charge in [-0.15, -0.1) is 0 Å². The lowest BCUT2D eigenvalue weighted by atomic mass is 9.74. The molecule has 2 fully saturated rings. The highest BCUT2D eigenvalue weighted by atomic mass is 19.4. The standard InChI is InChI=1S/C22H27N5O2.C2HF3O2/c1-25(2)21(29)22-10-7-13-26(20(28)18-8-3-5-11-23-18)14-17(22)15-27(16-22)19-9-4-6-12-24-19;3-2(4,5)1(6)7/h3-6,8-9,11-12,17H,7,10,13-16H2,1-2H3;(H,6,7)/t17-,22-;/m0./s1. The van der Waals surface area contributed by atoms with E-state index in [0.717, 1.165) is 18.7 Å². The number of carboxylic acid groups (broad SMARTS) is 1. The Morgan fingerprint density at radius 3 is 2.22 bits per heavy atom. The number of carbonyl (C=O) groups excluding carboxylic acids is 2. The van der Waals surface area contributed by atoms with E-state index >= 15 is 0 Å². The molecule has 2 atom stereocenters. The van der Waals surface area contributed by atoms with Crippen LogP contribution in [0.25, 0.3) is 0 Å². The van der Waals surface area contributed by atoms with Crippen LogP contribution in [0.2, 0.25) is 0 Å². The number of aromatic nitrogens is 2. The zero-order chi connectivity index (χ0) is 26.5. The van der Waals surface area contributed by atoms with Gasteiger partial charge in [0.05, 0.1) is 5.41 Å². The zero-order valence-electron chi connectivity index (χ0n) is 20.0. The van der Waals surface area contributed by atoms with E-state index in [1.54, 1.807) is 23.4 Å². The second-order valence-electron chi connectivity index (χ2n) is 8.99. The van der Waals surface area contributed by atoms with Crippen molar-refractivity contribution >= 4 is 23.6 Å². The SMILES string of the molecule is CN(C)C(=O)[C@]12CCCN(C(=O)c3ccccn3)C[C@H]1CN(c1ccccn1)C2.O=C(O)C(F)(F)F. The van der Waals surface area contributed by atoms with Gasteiger partial charge in [-0.3, -0.25) is 14.6 Å². The van der Waals surface area contributed by atoms with Gasteiger partial charge < -0.3 is 19.8 Å². The first-order valence-electron chi connectivity index (χ1n) is 11.3. The number of hydrogen-bond acceptors (Lipinski definition) is 6. The third kappa shape index (κ3) is 5.92. The smallest absolute Gasteiger partial charge is 0.475 e. The zero-order valence-corrected chi connectivity index (χ0v) is 20.0. The summed E-state index contributed by atoms with van der Waals surface area (Å²) < 4.78 is 31.7. The van der Waals surface area contributed by atoms with Gasteiger partial charge in [-0.2, -0.15) is 13.2 Å². The topological polar surface area (TPSA) is 107 Å². The monoisotopic (exact) mass is 507 g/mol. The highest BCUT2D eigenvalue weighted by molar-refractivity contribution is 5.92. The third-order valence-electron chi connectivity index (χ3n) is 6.41. The average Bonchev–Trinajstić information content (AvgIpc) is 3.12.